The smallest absolute Gasteiger partial charge is 0.261 e. The maximum absolute atomic E-state index is 15.0. The van der Waals surface area contributed by atoms with Crippen LogP contribution in [0.25, 0.3) is 11.3 Å². The number of fused-ring (bicyclic) bond motifs is 2. The Balaban J connectivity index is 1.68. The van der Waals surface area contributed by atoms with E-state index >= 15 is 0 Å². The topological polar surface area (TPSA) is 86.2 Å². The second-order valence-corrected chi connectivity index (χ2v) is 10.3. The first-order valence-electron chi connectivity index (χ1n) is 12.6. The number of ether oxygens (including phenoxy) is 1. The summed E-state index contributed by atoms with van der Waals surface area (Å²) < 4.78 is 21.2. The van der Waals surface area contributed by atoms with E-state index in [0.29, 0.717) is 37.9 Å². The molecule has 0 bridgehead atoms. The standard InChI is InChI=1S/C27H30ClFN4O4/c1-4-20(35)31-11-12-33-17(13-31)14-37-25-22(27(33)36)26(32-10-6-7-15(2)16(32)3)30-24(23(25)28)21-18(29)8-5-9-19(21)34/h4-5,8-9,15-17,34H,1,6-7,10-14H2,2-3H3/t15?,16?,17-/m1/s1. The van der Waals surface area contributed by atoms with Crippen molar-refractivity contribution in [3.63, 3.8) is 0 Å². The lowest BCUT2D eigenvalue weighted by Crippen LogP contribution is -2.57. The number of aromatic nitrogens is 1. The molecule has 37 heavy (non-hydrogen) atoms. The quantitative estimate of drug-likeness (QED) is 0.604. The van der Waals surface area contributed by atoms with E-state index in [1.54, 1.807) is 9.80 Å². The summed E-state index contributed by atoms with van der Waals surface area (Å²) in [7, 11) is 0. The number of hydrogen-bond donors (Lipinski definition) is 1. The van der Waals surface area contributed by atoms with Gasteiger partial charge in [0.25, 0.3) is 5.91 Å². The molecule has 3 aliphatic heterocycles. The Labute approximate surface area is 220 Å². The fourth-order valence-corrected chi connectivity index (χ4v) is 5.82. The Morgan fingerprint density at radius 1 is 1.24 bits per heavy atom. The van der Waals surface area contributed by atoms with Gasteiger partial charge in [-0.05, 0) is 43.9 Å². The minimum Gasteiger partial charge on any atom is -0.507 e. The van der Waals surface area contributed by atoms with Gasteiger partial charge in [0, 0.05) is 32.2 Å². The zero-order chi connectivity index (χ0) is 26.4. The average Bonchev–Trinajstić information content (AvgIpc) is 3.03. The van der Waals surface area contributed by atoms with Gasteiger partial charge >= 0.3 is 0 Å². The number of pyridine rings is 1. The molecule has 1 aromatic heterocycles. The molecule has 196 valence electrons. The zero-order valence-electron chi connectivity index (χ0n) is 20.9. The zero-order valence-corrected chi connectivity index (χ0v) is 21.7. The van der Waals surface area contributed by atoms with Crippen LogP contribution in [-0.2, 0) is 4.79 Å². The van der Waals surface area contributed by atoms with E-state index in [2.05, 4.69) is 25.3 Å². The maximum Gasteiger partial charge on any atom is 0.261 e. The van der Waals surface area contributed by atoms with Crippen LogP contribution in [0, 0.1) is 11.7 Å². The number of hydrogen-bond acceptors (Lipinski definition) is 6. The van der Waals surface area contributed by atoms with E-state index in [1.807, 2.05) is 0 Å². The summed E-state index contributed by atoms with van der Waals surface area (Å²) in [5, 5.41) is 10.5. The Morgan fingerprint density at radius 2 is 2.03 bits per heavy atom. The van der Waals surface area contributed by atoms with E-state index in [1.165, 1.54) is 24.3 Å². The summed E-state index contributed by atoms with van der Waals surface area (Å²) in [5.74, 6) is -0.657. The molecule has 2 unspecified atom stereocenters. The lowest BCUT2D eigenvalue weighted by atomic mass is 9.91. The highest BCUT2D eigenvalue weighted by atomic mass is 35.5. The number of piperidine rings is 1. The molecule has 2 aromatic rings. The van der Waals surface area contributed by atoms with Crippen molar-refractivity contribution in [2.45, 2.75) is 38.8 Å². The Bertz CT molecular complexity index is 1250. The van der Waals surface area contributed by atoms with Crippen molar-refractivity contribution in [3.05, 3.63) is 47.3 Å². The molecule has 0 saturated carbocycles. The fraction of sp³-hybridized carbons (Fsp3) is 0.444. The summed E-state index contributed by atoms with van der Waals surface area (Å²) in [6.45, 7) is 9.54. The Morgan fingerprint density at radius 3 is 2.76 bits per heavy atom. The highest BCUT2D eigenvalue weighted by molar-refractivity contribution is 6.35. The van der Waals surface area contributed by atoms with Crippen LogP contribution in [0.2, 0.25) is 5.02 Å². The largest absolute Gasteiger partial charge is 0.507 e. The molecule has 5 rings (SSSR count). The third kappa shape index (κ3) is 4.29. The molecule has 0 aliphatic carbocycles. The van der Waals surface area contributed by atoms with Crippen LogP contribution < -0.4 is 9.64 Å². The molecule has 0 radical (unpaired) electrons. The number of halogens is 2. The van der Waals surface area contributed by atoms with E-state index in [0.717, 1.165) is 12.8 Å². The van der Waals surface area contributed by atoms with Crippen LogP contribution in [0.4, 0.5) is 10.2 Å². The van der Waals surface area contributed by atoms with Crippen molar-refractivity contribution >= 4 is 29.2 Å². The first-order valence-corrected chi connectivity index (χ1v) is 12.9. The number of benzene rings is 1. The molecule has 8 nitrogen and oxygen atoms in total. The van der Waals surface area contributed by atoms with Gasteiger partial charge in [0.15, 0.2) is 5.75 Å². The van der Waals surface area contributed by atoms with Crippen LogP contribution in [0.15, 0.2) is 30.9 Å². The molecule has 4 heterocycles. The average molecular weight is 529 g/mol. The minimum atomic E-state index is -0.684. The van der Waals surface area contributed by atoms with Crippen molar-refractivity contribution in [1.29, 1.82) is 0 Å². The number of amides is 2. The molecular weight excluding hydrogens is 499 g/mol. The number of nitrogens with zero attached hydrogens (tertiary/aromatic N) is 4. The summed E-state index contributed by atoms with van der Waals surface area (Å²) in [6.07, 6.45) is 3.21. The first kappa shape index (κ1) is 25.3. The third-order valence-corrected chi connectivity index (χ3v) is 8.16. The van der Waals surface area contributed by atoms with E-state index in [-0.39, 0.29) is 57.8 Å². The lowest BCUT2D eigenvalue weighted by Gasteiger charge is -2.41. The van der Waals surface area contributed by atoms with Gasteiger partial charge in [0.05, 0.1) is 11.6 Å². The molecule has 10 heteroatoms. The second-order valence-electron chi connectivity index (χ2n) is 9.94. The fourth-order valence-electron chi connectivity index (χ4n) is 5.53. The van der Waals surface area contributed by atoms with Crippen molar-refractivity contribution in [2.75, 3.05) is 37.7 Å². The summed E-state index contributed by atoms with van der Waals surface area (Å²) in [6, 6.07) is 3.65. The van der Waals surface area contributed by atoms with Crippen LogP contribution in [-0.4, -0.2) is 76.6 Å². The first-order chi connectivity index (χ1) is 17.7. The highest BCUT2D eigenvalue weighted by Gasteiger charge is 2.42. The van der Waals surface area contributed by atoms with Crippen molar-refractivity contribution < 1.29 is 23.8 Å². The van der Waals surface area contributed by atoms with Crippen molar-refractivity contribution in [1.82, 2.24) is 14.8 Å². The summed E-state index contributed by atoms with van der Waals surface area (Å²) >= 11 is 6.79. The number of carbonyl (C=O) groups excluding carboxylic acids is 2. The number of aromatic hydroxyl groups is 1. The van der Waals surface area contributed by atoms with Gasteiger partial charge in [-0.2, -0.15) is 0 Å². The van der Waals surface area contributed by atoms with Crippen LogP contribution in [0.1, 0.15) is 37.0 Å². The second kappa shape index (κ2) is 9.85. The van der Waals surface area contributed by atoms with Crippen molar-refractivity contribution in [2.24, 2.45) is 5.92 Å². The molecule has 2 fully saturated rings. The van der Waals surface area contributed by atoms with Crippen molar-refractivity contribution in [3.8, 4) is 22.8 Å². The van der Waals surface area contributed by atoms with Crippen LogP contribution in [0.5, 0.6) is 11.5 Å². The molecule has 1 aromatic carbocycles. The number of anilines is 1. The monoisotopic (exact) mass is 528 g/mol. The molecule has 3 aliphatic rings. The molecule has 2 saturated heterocycles. The number of phenols is 1. The summed E-state index contributed by atoms with van der Waals surface area (Å²) in [5.41, 5.74) is 0.110. The van der Waals surface area contributed by atoms with Gasteiger partial charge in [-0.1, -0.05) is 31.2 Å². The van der Waals surface area contributed by atoms with E-state index in [4.69, 9.17) is 21.3 Å². The van der Waals surface area contributed by atoms with Crippen LogP contribution in [0.3, 0.4) is 0 Å². The van der Waals surface area contributed by atoms with E-state index in [9.17, 15) is 19.1 Å². The predicted molar refractivity (Wildman–Crippen MR) is 139 cm³/mol. The third-order valence-electron chi connectivity index (χ3n) is 7.81. The highest BCUT2D eigenvalue weighted by Crippen LogP contribution is 2.47. The molecular formula is C27H30ClFN4O4. The Hall–Kier alpha value is -3.33. The van der Waals surface area contributed by atoms with Gasteiger partial charge in [-0.15, -0.1) is 0 Å². The number of rotatable bonds is 3. The van der Waals surface area contributed by atoms with Gasteiger partial charge in [0.1, 0.15) is 40.3 Å². The minimum absolute atomic E-state index is 0.0209. The lowest BCUT2D eigenvalue weighted by molar-refractivity contribution is -0.128. The van der Waals surface area contributed by atoms with Gasteiger partial charge in [-0.3, -0.25) is 9.59 Å². The SMILES string of the molecule is C=CC(=O)N1CCN2C(=O)c3c(N4CCCC(C)C4C)nc(-c4c(O)cccc4F)c(Cl)c3OC[C@H]2C1. The summed E-state index contributed by atoms with van der Waals surface area (Å²) in [4.78, 5) is 36.5. The molecule has 3 atom stereocenters. The Kier molecular flexibility index (Phi) is 6.74. The molecule has 0 spiro atoms. The van der Waals surface area contributed by atoms with E-state index < -0.39 is 11.9 Å². The van der Waals surface area contributed by atoms with Crippen LogP contribution >= 0.6 is 11.6 Å². The van der Waals surface area contributed by atoms with Gasteiger partial charge in [0.2, 0.25) is 5.91 Å². The maximum atomic E-state index is 15.0. The number of carbonyl (C=O) groups is 2. The number of phenolic OH excluding ortho intramolecular Hbond substituents is 1. The molecule has 1 N–H and O–H groups in total. The van der Waals surface area contributed by atoms with Gasteiger partial charge < -0.3 is 24.5 Å². The predicted octanol–water partition coefficient (Wildman–Crippen LogP) is 4.10. The van der Waals surface area contributed by atoms with Gasteiger partial charge in [-0.25, -0.2) is 9.37 Å². The number of piperazine rings is 1. The molecule has 2 amide bonds. The normalized spacial score (nSPS) is 23.6.